The first kappa shape index (κ1) is 11.8. The smallest absolute Gasteiger partial charge is 0.125 e. The van der Waals surface area contributed by atoms with Crippen molar-refractivity contribution in [1.82, 2.24) is 0 Å². The fourth-order valence-corrected chi connectivity index (χ4v) is 2.51. The van der Waals surface area contributed by atoms with Crippen molar-refractivity contribution >= 4 is 17.1 Å². The lowest BCUT2D eigenvalue weighted by molar-refractivity contribution is 0.415. The number of nitrogens with two attached hydrogens (primary N) is 1. The minimum Gasteiger partial charge on any atom is -0.497 e. The summed E-state index contributed by atoms with van der Waals surface area (Å²) in [5.41, 5.74) is 9.64. The Morgan fingerprint density at radius 2 is 2.00 bits per heavy atom. The summed E-state index contributed by atoms with van der Waals surface area (Å²) in [5.74, 6) is 0.498. The summed E-state index contributed by atoms with van der Waals surface area (Å²) in [7, 11) is 1.61. The first-order valence-electron chi connectivity index (χ1n) is 6.18. The van der Waals surface area contributed by atoms with Crippen molar-refractivity contribution in [2.75, 3.05) is 24.3 Å². The summed E-state index contributed by atoms with van der Waals surface area (Å²) in [6.07, 6.45) is 0.904. The van der Waals surface area contributed by atoms with Gasteiger partial charge in [0.05, 0.1) is 18.5 Å². The van der Waals surface area contributed by atoms with Crippen LogP contribution in [0, 0.1) is 5.82 Å². The standard InChI is InChI=1S/C15H15FN2O/c1-19-12-4-5-14(13(17)9-12)18-7-6-10-2-3-11(16)8-15(10)18/h2-5,8-9H,6-7,17H2,1H3. The molecule has 19 heavy (non-hydrogen) atoms. The highest BCUT2D eigenvalue weighted by molar-refractivity contribution is 5.79. The Morgan fingerprint density at radius 3 is 2.74 bits per heavy atom. The van der Waals surface area contributed by atoms with Gasteiger partial charge in [-0.3, -0.25) is 0 Å². The van der Waals surface area contributed by atoms with Crippen LogP contribution in [0.5, 0.6) is 5.75 Å². The lowest BCUT2D eigenvalue weighted by Crippen LogP contribution is -2.15. The van der Waals surface area contributed by atoms with Crippen LogP contribution in [0.2, 0.25) is 0 Å². The number of ether oxygens (including phenoxy) is 1. The molecular weight excluding hydrogens is 243 g/mol. The Bertz CT molecular complexity index is 628. The topological polar surface area (TPSA) is 38.5 Å². The van der Waals surface area contributed by atoms with Gasteiger partial charge in [-0.25, -0.2) is 4.39 Å². The van der Waals surface area contributed by atoms with Crippen molar-refractivity contribution < 1.29 is 9.13 Å². The first-order chi connectivity index (χ1) is 9.19. The number of rotatable bonds is 2. The lowest BCUT2D eigenvalue weighted by atomic mass is 10.1. The molecule has 3 rings (SSSR count). The van der Waals surface area contributed by atoms with E-state index in [2.05, 4.69) is 0 Å². The third-order valence-electron chi connectivity index (χ3n) is 3.47. The molecule has 1 heterocycles. The van der Waals surface area contributed by atoms with Gasteiger partial charge in [0.25, 0.3) is 0 Å². The van der Waals surface area contributed by atoms with Gasteiger partial charge in [-0.15, -0.1) is 0 Å². The molecule has 0 fully saturated rings. The Labute approximate surface area is 111 Å². The summed E-state index contributed by atoms with van der Waals surface area (Å²) in [5, 5.41) is 0. The van der Waals surface area contributed by atoms with E-state index in [1.54, 1.807) is 19.2 Å². The number of hydrogen-bond acceptors (Lipinski definition) is 3. The van der Waals surface area contributed by atoms with Gasteiger partial charge in [-0.2, -0.15) is 0 Å². The van der Waals surface area contributed by atoms with Gasteiger partial charge in [0.1, 0.15) is 11.6 Å². The fourth-order valence-electron chi connectivity index (χ4n) is 2.51. The second kappa shape index (κ2) is 4.46. The Hall–Kier alpha value is -2.23. The second-order valence-corrected chi connectivity index (χ2v) is 4.60. The van der Waals surface area contributed by atoms with Gasteiger partial charge < -0.3 is 15.4 Å². The average molecular weight is 258 g/mol. The molecule has 0 atom stereocenters. The number of hydrogen-bond donors (Lipinski definition) is 1. The third-order valence-corrected chi connectivity index (χ3v) is 3.47. The van der Waals surface area contributed by atoms with Crippen LogP contribution in [0.15, 0.2) is 36.4 Å². The van der Waals surface area contributed by atoms with Crippen molar-refractivity contribution in [2.24, 2.45) is 0 Å². The molecule has 0 bridgehead atoms. The summed E-state index contributed by atoms with van der Waals surface area (Å²) in [6.45, 7) is 0.815. The van der Waals surface area contributed by atoms with E-state index in [0.29, 0.717) is 5.69 Å². The van der Waals surface area contributed by atoms with E-state index in [-0.39, 0.29) is 5.82 Å². The Kier molecular flexibility index (Phi) is 2.78. The van der Waals surface area contributed by atoms with Gasteiger partial charge >= 0.3 is 0 Å². The lowest BCUT2D eigenvalue weighted by Gasteiger charge is -2.21. The molecule has 2 aromatic rings. The van der Waals surface area contributed by atoms with Crippen LogP contribution in [-0.4, -0.2) is 13.7 Å². The molecule has 0 spiro atoms. The van der Waals surface area contributed by atoms with Gasteiger partial charge in [0.15, 0.2) is 0 Å². The van der Waals surface area contributed by atoms with Crippen LogP contribution in [0.4, 0.5) is 21.5 Å². The van der Waals surface area contributed by atoms with Crippen LogP contribution in [-0.2, 0) is 6.42 Å². The minimum absolute atomic E-state index is 0.224. The number of benzene rings is 2. The zero-order valence-corrected chi connectivity index (χ0v) is 10.7. The molecule has 0 amide bonds. The van der Waals surface area contributed by atoms with Crippen molar-refractivity contribution in [3.8, 4) is 5.75 Å². The first-order valence-corrected chi connectivity index (χ1v) is 6.18. The number of fused-ring (bicyclic) bond motifs is 1. The molecule has 1 aliphatic heterocycles. The minimum atomic E-state index is -0.224. The van der Waals surface area contributed by atoms with Gasteiger partial charge in [-0.1, -0.05) is 6.07 Å². The molecule has 0 radical (unpaired) electrons. The predicted octanol–water partition coefficient (Wildman–Crippen LogP) is 3.11. The normalized spacial score (nSPS) is 13.5. The molecule has 3 nitrogen and oxygen atoms in total. The average Bonchev–Trinajstić information content (AvgIpc) is 2.81. The van der Waals surface area contributed by atoms with Gasteiger partial charge in [0, 0.05) is 18.3 Å². The summed E-state index contributed by atoms with van der Waals surface area (Å²) >= 11 is 0. The molecule has 0 saturated heterocycles. The highest BCUT2D eigenvalue weighted by Gasteiger charge is 2.22. The second-order valence-electron chi connectivity index (χ2n) is 4.60. The molecule has 2 aromatic carbocycles. The van der Waals surface area contributed by atoms with Crippen LogP contribution < -0.4 is 15.4 Å². The summed E-state index contributed by atoms with van der Waals surface area (Å²) < 4.78 is 18.5. The third kappa shape index (κ3) is 1.99. The van der Waals surface area contributed by atoms with Crippen LogP contribution >= 0.6 is 0 Å². The van der Waals surface area contributed by atoms with Gasteiger partial charge in [0.2, 0.25) is 0 Å². The molecule has 0 aromatic heterocycles. The number of anilines is 3. The van der Waals surface area contributed by atoms with E-state index >= 15 is 0 Å². The maximum atomic E-state index is 13.4. The highest BCUT2D eigenvalue weighted by Crippen LogP contribution is 2.38. The number of methoxy groups -OCH3 is 1. The van der Waals surface area contributed by atoms with Crippen LogP contribution in [0.3, 0.4) is 0 Å². The van der Waals surface area contributed by atoms with E-state index in [4.69, 9.17) is 10.5 Å². The van der Waals surface area contributed by atoms with Crippen molar-refractivity contribution in [1.29, 1.82) is 0 Å². The number of halogens is 1. The molecule has 0 aliphatic carbocycles. The van der Waals surface area contributed by atoms with E-state index < -0.39 is 0 Å². The van der Waals surface area contributed by atoms with Gasteiger partial charge in [-0.05, 0) is 36.2 Å². The quantitative estimate of drug-likeness (QED) is 0.841. The Balaban J connectivity index is 2.04. The molecule has 2 N–H and O–H groups in total. The molecule has 1 aliphatic rings. The SMILES string of the molecule is COc1ccc(N2CCc3ccc(F)cc32)c(N)c1. The number of nitrogen functional groups attached to an aromatic ring is 1. The maximum absolute atomic E-state index is 13.4. The van der Waals surface area contributed by atoms with E-state index in [9.17, 15) is 4.39 Å². The summed E-state index contributed by atoms with van der Waals surface area (Å²) in [6, 6.07) is 10.5. The monoisotopic (exact) mass is 258 g/mol. The van der Waals surface area contributed by atoms with E-state index in [0.717, 1.165) is 35.7 Å². The highest BCUT2D eigenvalue weighted by atomic mass is 19.1. The van der Waals surface area contributed by atoms with Crippen LogP contribution in [0.1, 0.15) is 5.56 Å². The molecular formula is C15H15FN2O. The van der Waals surface area contributed by atoms with E-state index in [1.165, 1.54) is 6.07 Å². The Morgan fingerprint density at radius 1 is 1.16 bits per heavy atom. The van der Waals surface area contributed by atoms with Crippen molar-refractivity contribution in [2.45, 2.75) is 6.42 Å². The largest absolute Gasteiger partial charge is 0.497 e. The maximum Gasteiger partial charge on any atom is 0.125 e. The van der Waals surface area contributed by atoms with E-state index in [1.807, 2.05) is 23.1 Å². The molecule has 4 heteroatoms. The molecule has 98 valence electrons. The molecule has 0 unspecified atom stereocenters. The summed E-state index contributed by atoms with van der Waals surface area (Å²) in [4.78, 5) is 2.05. The predicted molar refractivity (Wildman–Crippen MR) is 74.5 cm³/mol. The van der Waals surface area contributed by atoms with Crippen molar-refractivity contribution in [3.63, 3.8) is 0 Å². The van der Waals surface area contributed by atoms with Crippen molar-refractivity contribution in [3.05, 3.63) is 47.8 Å². The molecule has 0 saturated carbocycles. The van der Waals surface area contributed by atoms with Crippen LogP contribution in [0.25, 0.3) is 0 Å². The zero-order chi connectivity index (χ0) is 13.4. The fraction of sp³-hybridized carbons (Fsp3) is 0.200. The zero-order valence-electron chi connectivity index (χ0n) is 10.7. The number of nitrogens with zero attached hydrogens (tertiary/aromatic N) is 1.